The van der Waals surface area contributed by atoms with Gasteiger partial charge in [-0.15, -0.1) is 6.42 Å². The van der Waals surface area contributed by atoms with Crippen molar-refractivity contribution in [3.63, 3.8) is 0 Å². The van der Waals surface area contributed by atoms with E-state index in [1.54, 1.807) is 0 Å². The maximum absolute atomic E-state index is 13.5. The molecule has 0 spiro atoms. The van der Waals surface area contributed by atoms with Crippen molar-refractivity contribution in [2.24, 2.45) is 0 Å². The van der Waals surface area contributed by atoms with Gasteiger partial charge in [0.2, 0.25) is 0 Å². The molecule has 2 rings (SSSR count). The van der Waals surface area contributed by atoms with Crippen molar-refractivity contribution in [2.75, 3.05) is 53.3 Å². The Bertz CT molecular complexity index is 1480. The molecule has 2 amide bonds. The van der Waals surface area contributed by atoms with E-state index >= 15 is 0 Å². The molecule has 53 heavy (non-hydrogen) atoms. The molecule has 292 valence electrons. The van der Waals surface area contributed by atoms with Crippen LogP contribution in [0.3, 0.4) is 0 Å². The summed E-state index contributed by atoms with van der Waals surface area (Å²) in [5.41, 5.74) is 0.169. The molecule has 0 aromatic heterocycles. The van der Waals surface area contributed by atoms with Gasteiger partial charge >= 0.3 is 29.8 Å². The Morgan fingerprint density at radius 1 is 0.925 bits per heavy atom. The molecule has 1 unspecified atom stereocenters. The predicted octanol–water partition coefficient (Wildman–Crippen LogP) is 0.254. The highest BCUT2D eigenvalue weighted by molar-refractivity contribution is 6.30. The zero-order chi connectivity index (χ0) is 39.6. The van der Waals surface area contributed by atoms with Crippen LogP contribution in [0.15, 0.2) is 24.3 Å². The highest BCUT2D eigenvalue weighted by atomic mass is 35.5. The number of nitrogens with one attached hydrogen (secondary N) is 2. The Morgan fingerprint density at radius 2 is 1.57 bits per heavy atom. The molecule has 19 heteroatoms. The summed E-state index contributed by atoms with van der Waals surface area (Å²) in [5, 5.41) is 5.46. The number of carbonyl (C=O) groups excluding carboxylic acids is 7. The summed E-state index contributed by atoms with van der Waals surface area (Å²) < 4.78 is 49.3. The van der Waals surface area contributed by atoms with Crippen molar-refractivity contribution in [3.8, 4) is 12.3 Å². The van der Waals surface area contributed by atoms with Crippen LogP contribution in [0, 0.1) is 12.3 Å². The molecule has 0 radical (unpaired) electrons. The van der Waals surface area contributed by atoms with E-state index in [9.17, 15) is 33.6 Å². The summed E-state index contributed by atoms with van der Waals surface area (Å²) in [6.07, 6.45) is -2.06. The average molecular weight is 771 g/mol. The number of methoxy groups -OCH3 is 1. The number of carbonyl (C=O) groups is 7. The maximum Gasteiger partial charge on any atom is 0.366 e. The minimum atomic E-state index is -2.42. The number of hydrogen-bond acceptors (Lipinski definition) is 16. The number of benzene rings is 1. The Balaban J connectivity index is 2.64. The predicted molar refractivity (Wildman–Crippen MR) is 180 cm³/mol. The lowest BCUT2D eigenvalue weighted by Gasteiger charge is -2.48. The largest absolute Gasteiger partial charge is 0.465 e. The molecule has 0 saturated carbocycles. The standard InChI is InChI=1S/C34H43ClN2O16/c1-7-12-46-13-14-47-15-16-49-34(33(44)45-6)17-26(50-21(3)39)29(37-28(42)19-48-20(2)38)31(53-34)30(52-23(5)41)27(51-22(4)40)18-36-32(43)24-8-10-25(35)11-9-24/h1,8-11,26-27,29-31H,12-19H2,2-6H3,(H,36,43)(H,37,42)/t26-,27+,29+,30?,31+,34+/m0/s1. The Kier molecular flexibility index (Phi) is 18.7. The van der Waals surface area contributed by atoms with Crippen LogP contribution >= 0.6 is 11.6 Å². The average Bonchev–Trinajstić information content (AvgIpc) is 3.09. The van der Waals surface area contributed by atoms with Crippen LogP contribution in [0.4, 0.5) is 0 Å². The first-order valence-electron chi connectivity index (χ1n) is 16.1. The van der Waals surface area contributed by atoms with Crippen LogP contribution in [0.5, 0.6) is 0 Å². The number of ether oxygens (including phenoxy) is 9. The number of hydrogen-bond donors (Lipinski definition) is 2. The van der Waals surface area contributed by atoms with E-state index in [4.69, 9.17) is 60.7 Å². The van der Waals surface area contributed by atoms with Crippen molar-refractivity contribution >= 4 is 53.3 Å². The second-order valence-electron chi connectivity index (χ2n) is 11.2. The Morgan fingerprint density at radius 3 is 2.15 bits per heavy atom. The first-order valence-corrected chi connectivity index (χ1v) is 16.5. The van der Waals surface area contributed by atoms with E-state index in [1.807, 2.05) is 0 Å². The van der Waals surface area contributed by atoms with E-state index in [0.29, 0.717) is 5.02 Å². The van der Waals surface area contributed by atoms with Gasteiger partial charge in [0.25, 0.3) is 17.6 Å². The minimum absolute atomic E-state index is 0.0688. The SMILES string of the molecule is C#CCOCCOCCO[C@]1(C(=O)OC)C[C@H](OC(C)=O)[C@@H](NC(=O)COC(C)=O)[C@H](C(OC(C)=O)[C@@H](CNC(=O)c2ccc(Cl)cc2)OC(C)=O)O1. The zero-order valence-corrected chi connectivity index (χ0v) is 30.6. The third-order valence-electron chi connectivity index (χ3n) is 7.10. The van der Waals surface area contributed by atoms with Crippen LogP contribution in [-0.4, -0.2) is 131 Å². The Hall–Kier alpha value is -4.80. The van der Waals surface area contributed by atoms with E-state index in [1.165, 1.54) is 24.3 Å². The third-order valence-corrected chi connectivity index (χ3v) is 7.35. The van der Waals surface area contributed by atoms with Gasteiger partial charge in [-0.25, -0.2) is 4.79 Å². The fraction of sp³-hybridized carbons (Fsp3) is 0.559. The lowest BCUT2D eigenvalue weighted by atomic mass is 9.87. The first kappa shape index (κ1) is 44.4. The zero-order valence-electron chi connectivity index (χ0n) is 29.8. The molecule has 18 nitrogen and oxygen atoms in total. The number of amides is 2. The van der Waals surface area contributed by atoms with Crippen molar-refractivity contribution < 1.29 is 76.2 Å². The number of rotatable bonds is 20. The van der Waals surface area contributed by atoms with Crippen LogP contribution in [0.1, 0.15) is 44.5 Å². The van der Waals surface area contributed by atoms with Crippen molar-refractivity contribution in [2.45, 2.75) is 70.4 Å². The molecule has 2 N–H and O–H groups in total. The van der Waals surface area contributed by atoms with Gasteiger partial charge in [-0.1, -0.05) is 17.5 Å². The summed E-state index contributed by atoms with van der Waals surface area (Å²) >= 11 is 5.93. The summed E-state index contributed by atoms with van der Waals surface area (Å²) in [5.74, 6) is -6.34. The number of terminal acetylenes is 1. The molecule has 0 bridgehead atoms. The quantitative estimate of drug-likeness (QED) is 0.0784. The Labute approximate surface area is 310 Å². The molecule has 1 aromatic rings. The van der Waals surface area contributed by atoms with Crippen LogP contribution in [-0.2, 0) is 71.4 Å². The maximum atomic E-state index is 13.5. The van der Waals surface area contributed by atoms with Gasteiger partial charge in [-0.2, -0.15) is 0 Å². The first-order chi connectivity index (χ1) is 25.1. The highest BCUT2D eigenvalue weighted by Gasteiger charge is 2.59. The summed E-state index contributed by atoms with van der Waals surface area (Å²) in [7, 11) is 1.02. The van der Waals surface area contributed by atoms with E-state index in [-0.39, 0.29) is 38.6 Å². The van der Waals surface area contributed by atoms with Gasteiger partial charge in [-0.05, 0) is 24.3 Å². The molecule has 1 fully saturated rings. The lowest BCUT2D eigenvalue weighted by molar-refractivity contribution is -0.315. The fourth-order valence-electron chi connectivity index (χ4n) is 5.05. The van der Waals surface area contributed by atoms with Gasteiger partial charge in [-0.3, -0.25) is 28.8 Å². The van der Waals surface area contributed by atoms with E-state index in [0.717, 1.165) is 34.8 Å². The van der Waals surface area contributed by atoms with Gasteiger partial charge in [0.05, 0.1) is 52.5 Å². The molecule has 1 aliphatic rings. The minimum Gasteiger partial charge on any atom is -0.465 e. The van der Waals surface area contributed by atoms with Crippen LogP contribution in [0.2, 0.25) is 5.02 Å². The number of esters is 5. The topological polar surface area (TPSA) is 227 Å². The van der Waals surface area contributed by atoms with Gasteiger partial charge in [0, 0.05) is 38.3 Å². The molecule has 1 saturated heterocycles. The molecule has 6 atom stereocenters. The molecule has 1 aromatic carbocycles. The van der Waals surface area contributed by atoms with Gasteiger partial charge in [0.1, 0.15) is 18.8 Å². The van der Waals surface area contributed by atoms with Crippen molar-refractivity contribution in [3.05, 3.63) is 34.9 Å². The fourth-order valence-corrected chi connectivity index (χ4v) is 5.18. The van der Waals surface area contributed by atoms with Gasteiger partial charge < -0.3 is 53.3 Å². The summed E-state index contributed by atoms with van der Waals surface area (Å²) in [6.45, 7) is 2.74. The van der Waals surface area contributed by atoms with E-state index < -0.39 is 97.5 Å². The second-order valence-corrected chi connectivity index (χ2v) is 11.6. The van der Waals surface area contributed by atoms with E-state index in [2.05, 4.69) is 16.6 Å². The molecule has 1 aliphatic heterocycles. The van der Waals surface area contributed by atoms with Crippen LogP contribution < -0.4 is 10.6 Å². The smallest absolute Gasteiger partial charge is 0.366 e. The molecular formula is C34H43ClN2O16. The third kappa shape index (κ3) is 15.0. The van der Waals surface area contributed by atoms with Gasteiger partial charge in [0.15, 0.2) is 18.8 Å². The lowest BCUT2D eigenvalue weighted by Crippen LogP contribution is -2.70. The second kappa shape index (κ2) is 22.3. The number of halogens is 1. The van der Waals surface area contributed by atoms with Crippen LogP contribution in [0.25, 0.3) is 0 Å². The molecule has 0 aliphatic carbocycles. The summed E-state index contributed by atoms with van der Waals surface area (Å²) in [4.78, 5) is 88.5. The molecular weight excluding hydrogens is 728 g/mol. The summed E-state index contributed by atoms with van der Waals surface area (Å²) in [6, 6.07) is 4.30. The van der Waals surface area contributed by atoms with Crippen molar-refractivity contribution in [1.29, 1.82) is 0 Å². The molecule has 1 heterocycles. The normalized spacial score (nSPS) is 20.4. The van der Waals surface area contributed by atoms with Crippen molar-refractivity contribution in [1.82, 2.24) is 10.6 Å². The monoisotopic (exact) mass is 770 g/mol. The highest BCUT2D eigenvalue weighted by Crippen LogP contribution is 2.37.